The van der Waals surface area contributed by atoms with E-state index in [9.17, 15) is 24.6 Å². The number of hydrogen-bond donors (Lipinski definition) is 5. The Balaban J connectivity index is 2.29. The highest BCUT2D eigenvalue weighted by Gasteiger charge is 2.75. The van der Waals surface area contributed by atoms with E-state index in [4.69, 9.17) is 10.8 Å². The van der Waals surface area contributed by atoms with E-state index in [0.717, 1.165) is 0 Å². The van der Waals surface area contributed by atoms with Gasteiger partial charge in [-0.05, 0) is 6.92 Å². The molecule has 8 nitrogen and oxygen atoms in total. The van der Waals surface area contributed by atoms with Gasteiger partial charge in [0.1, 0.15) is 5.54 Å². The number of carbonyl (C=O) groups is 3. The average molecular weight is 272 g/mol. The average Bonchev–Trinajstić information content (AvgIpc) is 2.96. The molecule has 2 aliphatic rings. The van der Waals surface area contributed by atoms with E-state index >= 15 is 0 Å². The number of aliphatic carboxylic acids is 2. The highest BCUT2D eigenvalue weighted by molar-refractivity contribution is 5.92. The van der Waals surface area contributed by atoms with Gasteiger partial charge in [0.2, 0.25) is 5.91 Å². The van der Waals surface area contributed by atoms with Gasteiger partial charge in [-0.3, -0.25) is 9.59 Å². The summed E-state index contributed by atoms with van der Waals surface area (Å²) < 4.78 is 0. The molecule has 8 heteroatoms. The fourth-order valence-electron chi connectivity index (χ4n) is 3.12. The third-order valence-electron chi connectivity index (χ3n) is 4.05. The first-order valence-corrected chi connectivity index (χ1v) is 5.94. The smallest absolute Gasteiger partial charge is 0.329 e. The summed E-state index contributed by atoms with van der Waals surface area (Å²) in [6, 6.07) is -0.908. The standard InChI is InChI=1S/C11H16N2O6/c1-3(12)8(15)13-11(10(18)19)2-4(14)5-6(7(5)11)9(16)17/h3-7,14H,2,12H2,1H3,(H,13,15)(H,16,17)(H,18,19)/t3-,4?,5?,6-,7-,11-/m0/s1. The number of nitrogens with one attached hydrogen (secondary N) is 1. The first-order chi connectivity index (χ1) is 8.72. The monoisotopic (exact) mass is 272 g/mol. The lowest BCUT2D eigenvalue weighted by Gasteiger charge is -2.30. The van der Waals surface area contributed by atoms with E-state index in [-0.39, 0.29) is 6.42 Å². The van der Waals surface area contributed by atoms with E-state index in [0.29, 0.717) is 0 Å². The minimum atomic E-state index is -1.74. The van der Waals surface area contributed by atoms with Gasteiger partial charge in [-0.1, -0.05) is 0 Å². The first kappa shape index (κ1) is 13.8. The zero-order valence-corrected chi connectivity index (χ0v) is 10.2. The predicted molar refractivity (Wildman–Crippen MR) is 60.9 cm³/mol. The topological polar surface area (TPSA) is 150 Å². The van der Waals surface area contributed by atoms with Gasteiger partial charge in [0.05, 0.1) is 18.1 Å². The fraction of sp³-hybridized carbons (Fsp3) is 0.727. The van der Waals surface area contributed by atoms with E-state index in [1.54, 1.807) is 0 Å². The molecule has 0 radical (unpaired) electrons. The van der Waals surface area contributed by atoms with Crippen LogP contribution in [0.3, 0.4) is 0 Å². The molecule has 0 aliphatic heterocycles. The summed E-state index contributed by atoms with van der Waals surface area (Å²) in [7, 11) is 0. The van der Waals surface area contributed by atoms with Gasteiger partial charge in [-0.2, -0.15) is 0 Å². The van der Waals surface area contributed by atoms with E-state index < -0.39 is 53.3 Å². The van der Waals surface area contributed by atoms with Gasteiger partial charge in [0.25, 0.3) is 0 Å². The molecule has 2 saturated carbocycles. The number of aliphatic hydroxyl groups excluding tert-OH is 1. The zero-order chi connectivity index (χ0) is 14.5. The molecule has 2 fully saturated rings. The molecule has 19 heavy (non-hydrogen) atoms. The quantitative estimate of drug-likeness (QED) is 0.396. The van der Waals surface area contributed by atoms with Crippen molar-refractivity contribution < 1.29 is 29.7 Å². The number of rotatable bonds is 4. The molecule has 0 aromatic heterocycles. The molecule has 2 aliphatic carbocycles. The van der Waals surface area contributed by atoms with Crippen molar-refractivity contribution in [2.24, 2.45) is 23.5 Å². The van der Waals surface area contributed by atoms with Crippen molar-refractivity contribution >= 4 is 17.8 Å². The molecule has 0 bridgehead atoms. The Bertz CT molecular complexity index is 450. The third-order valence-corrected chi connectivity index (χ3v) is 4.05. The Hall–Kier alpha value is -1.67. The summed E-state index contributed by atoms with van der Waals surface area (Å²) in [5, 5.41) is 30.4. The molecule has 0 saturated heterocycles. The molecule has 0 spiro atoms. The molecule has 106 valence electrons. The summed E-state index contributed by atoms with van der Waals surface area (Å²) in [5.74, 6) is -5.52. The summed E-state index contributed by atoms with van der Waals surface area (Å²) in [6.07, 6.45) is -1.24. The Morgan fingerprint density at radius 3 is 2.32 bits per heavy atom. The van der Waals surface area contributed by atoms with Crippen LogP contribution < -0.4 is 11.1 Å². The summed E-state index contributed by atoms with van der Waals surface area (Å²) in [5.41, 5.74) is 3.64. The summed E-state index contributed by atoms with van der Waals surface area (Å²) in [4.78, 5) is 34.1. The fourth-order valence-corrected chi connectivity index (χ4v) is 3.12. The van der Waals surface area contributed by atoms with Crippen molar-refractivity contribution in [2.75, 3.05) is 0 Å². The van der Waals surface area contributed by atoms with Crippen LogP contribution >= 0.6 is 0 Å². The Morgan fingerprint density at radius 2 is 1.95 bits per heavy atom. The molecule has 6 atom stereocenters. The molecular weight excluding hydrogens is 256 g/mol. The van der Waals surface area contributed by atoms with Crippen molar-refractivity contribution in [1.82, 2.24) is 5.32 Å². The Morgan fingerprint density at radius 1 is 1.37 bits per heavy atom. The lowest BCUT2D eigenvalue weighted by Crippen LogP contribution is -2.59. The van der Waals surface area contributed by atoms with Crippen LogP contribution in [0.15, 0.2) is 0 Å². The SMILES string of the molecule is C[C@H](N)C(=O)N[C@@]1(C(=O)O)CC(O)C2[C@H](C(=O)O)[C@H]21. The van der Waals surface area contributed by atoms with Crippen LogP contribution in [-0.4, -0.2) is 50.9 Å². The molecule has 6 N–H and O–H groups in total. The maximum Gasteiger partial charge on any atom is 0.329 e. The number of fused-ring (bicyclic) bond motifs is 1. The van der Waals surface area contributed by atoms with Crippen LogP contribution in [0.5, 0.6) is 0 Å². The number of carboxylic acid groups (broad SMARTS) is 2. The molecule has 2 unspecified atom stereocenters. The van der Waals surface area contributed by atoms with Crippen LogP contribution in [0.25, 0.3) is 0 Å². The lowest BCUT2D eigenvalue weighted by molar-refractivity contribution is -0.150. The van der Waals surface area contributed by atoms with E-state index in [2.05, 4.69) is 5.32 Å². The molecular formula is C11H16N2O6. The van der Waals surface area contributed by atoms with Crippen molar-refractivity contribution in [3.8, 4) is 0 Å². The highest BCUT2D eigenvalue weighted by Crippen LogP contribution is 2.62. The minimum absolute atomic E-state index is 0.195. The van der Waals surface area contributed by atoms with Crippen molar-refractivity contribution in [3.63, 3.8) is 0 Å². The van der Waals surface area contributed by atoms with Gasteiger partial charge in [-0.25, -0.2) is 4.79 Å². The Labute approximate surface area is 108 Å². The van der Waals surface area contributed by atoms with Crippen LogP contribution in [0.1, 0.15) is 13.3 Å². The summed E-state index contributed by atoms with van der Waals surface area (Å²) in [6.45, 7) is 1.40. The van der Waals surface area contributed by atoms with E-state index in [1.165, 1.54) is 6.92 Å². The maximum absolute atomic E-state index is 11.6. The lowest BCUT2D eigenvalue weighted by atomic mass is 9.89. The summed E-state index contributed by atoms with van der Waals surface area (Å²) >= 11 is 0. The van der Waals surface area contributed by atoms with Gasteiger partial charge in [-0.15, -0.1) is 0 Å². The Kier molecular flexibility index (Phi) is 3.02. The number of hydrogen-bond acceptors (Lipinski definition) is 5. The number of amides is 1. The number of aliphatic hydroxyl groups is 1. The largest absolute Gasteiger partial charge is 0.481 e. The third kappa shape index (κ3) is 1.87. The molecule has 1 amide bonds. The molecule has 0 aromatic carbocycles. The molecule has 2 rings (SSSR count). The normalized spacial score (nSPS) is 41.2. The van der Waals surface area contributed by atoms with Crippen LogP contribution in [-0.2, 0) is 14.4 Å². The second-order valence-corrected chi connectivity index (χ2v) is 5.29. The van der Waals surface area contributed by atoms with Gasteiger partial charge in [0, 0.05) is 18.3 Å². The zero-order valence-electron chi connectivity index (χ0n) is 10.2. The number of nitrogens with two attached hydrogens (primary N) is 1. The first-order valence-electron chi connectivity index (χ1n) is 5.94. The maximum atomic E-state index is 11.6. The second-order valence-electron chi connectivity index (χ2n) is 5.29. The van der Waals surface area contributed by atoms with Crippen molar-refractivity contribution in [3.05, 3.63) is 0 Å². The van der Waals surface area contributed by atoms with Crippen LogP contribution in [0, 0.1) is 17.8 Å². The molecule has 0 aromatic rings. The van der Waals surface area contributed by atoms with Crippen LogP contribution in [0.4, 0.5) is 0 Å². The molecule has 0 heterocycles. The van der Waals surface area contributed by atoms with Gasteiger partial charge >= 0.3 is 11.9 Å². The van der Waals surface area contributed by atoms with Gasteiger partial charge in [0.15, 0.2) is 0 Å². The van der Waals surface area contributed by atoms with Gasteiger partial charge < -0.3 is 26.4 Å². The highest BCUT2D eigenvalue weighted by atomic mass is 16.4. The predicted octanol–water partition coefficient (Wildman–Crippen LogP) is -2.02. The van der Waals surface area contributed by atoms with Crippen LogP contribution in [0.2, 0.25) is 0 Å². The number of carboxylic acids is 2. The van der Waals surface area contributed by atoms with Crippen molar-refractivity contribution in [1.29, 1.82) is 0 Å². The number of carbonyl (C=O) groups excluding carboxylic acids is 1. The second kappa shape index (κ2) is 4.17. The van der Waals surface area contributed by atoms with E-state index in [1.807, 2.05) is 0 Å². The minimum Gasteiger partial charge on any atom is -0.481 e. The van der Waals surface area contributed by atoms with Crippen molar-refractivity contribution in [2.45, 2.75) is 31.0 Å².